The first-order valence-corrected chi connectivity index (χ1v) is 10.5. The van der Waals surface area contributed by atoms with Gasteiger partial charge in [0.15, 0.2) is 16.4 Å². The molecule has 150 valence electrons. The summed E-state index contributed by atoms with van der Waals surface area (Å²) in [7, 11) is -2.95. The van der Waals surface area contributed by atoms with E-state index >= 15 is 0 Å². The van der Waals surface area contributed by atoms with Gasteiger partial charge in [-0.1, -0.05) is 6.07 Å². The fraction of sp³-hybridized carbons (Fsp3) is 0.588. The summed E-state index contributed by atoms with van der Waals surface area (Å²) < 4.78 is 66.5. The van der Waals surface area contributed by atoms with Crippen LogP contribution in [0.1, 0.15) is 12.0 Å². The van der Waals surface area contributed by atoms with E-state index in [1.54, 1.807) is 4.90 Å². The third kappa shape index (κ3) is 5.13. The van der Waals surface area contributed by atoms with Crippen LogP contribution in [0.2, 0.25) is 0 Å². The van der Waals surface area contributed by atoms with Crippen LogP contribution in [-0.2, 0) is 20.8 Å². The lowest BCUT2D eigenvalue weighted by Gasteiger charge is -2.37. The Kier molecular flexibility index (Phi) is 5.66. The van der Waals surface area contributed by atoms with Gasteiger partial charge in [0.25, 0.3) is 5.91 Å². The van der Waals surface area contributed by atoms with Crippen LogP contribution in [0.15, 0.2) is 24.3 Å². The second-order valence-electron chi connectivity index (χ2n) is 6.79. The number of halogens is 3. The van der Waals surface area contributed by atoms with Gasteiger partial charge in [-0.25, -0.2) is 8.42 Å². The van der Waals surface area contributed by atoms with Gasteiger partial charge in [-0.2, -0.15) is 13.2 Å². The summed E-state index contributed by atoms with van der Waals surface area (Å²) >= 11 is 0. The highest BCUT2D eigenvalue weighted by molar-refractivity contribution is 7.91. The third-order valence-electron chi connectivity index (χ3n) is 4.92. The topological polar surface area (TPSA) is 66.9 Å². The van der Waals surface area contributed by atoms with Crippen LogP contribution in [0.25, 0.3) is 0 Å². The van der Waals surface area contributed by atoms with Crippen LogP contribution in [0, 0.1) is 0 Å². The normalized spacial score (nSPS) is 23.4. The fourth-order valence-corrected chi connectivity index (χ4v) is 5.16. The number of hydrogen-bond donors (Lipinski definition) is 0. The van der Waals surface area contributed by atoms with Gasteiger partial charge in [-0.05, 0) is 24.6 Å². The molecule has 1 amide bonds. The number of sulfone groups is 1. The van der Waals surface area contributed by atoms with E-state index in [4.69, 9.17) is 4.74 Å². The molecule has 3 rings (SSSR count). The lowest BCUT2D eigenvalue weighted by atomic mass is 10.2. The average Bonchev–Trinajstić information content (AvgIpc) is 2.99. The largest absolute Gasteiger partial charge is 0.484 e. The standard InChI is InChI=1S/C17H21F3N2O4S/c18-17(19,20)13-2-1-3-15(10-13)26-11-16(23)22-7-5-21(6-8-22)14-4-9-27(24,25)12-14/h1-3,10,14H,4-9,11-12H2. The summed E-state index contributed by atoms with van der Waals surface area (Å²) in [5, 5.41) is 0. The van der Waals surface area contributed by atoms with Crippen LogP contribution in [0.4, 0.5) is 13.2 Å². The predicted molar refractivity (Wildman–Crippen MR) is 92.2 cm³/mol. The van der Waals surface area contributed by atoms with Gasteiger partial charge in [0.05, 0.1) is 17.1 Å². The SMILES string of the molecule is O=C(COc1cccc(C(F)(F)F)c1)N1CCN(C2CCS(=O)(=O)C2)CC1. The zero-order valence-electron chi connectivity index (χ0n) is 14.6. The Hall–Kier alpha value is -1.81. The van der Waals surface area contributed by atoms with E-state index in [0.717, 1.165) is 12.1 Å². The number of carbonyl (C=O) groups excluding carboxylic acids is 1. The van der Waals surface area contributed by atoms with E-state index in [-0.39, 0.29) is 35.8 Å². The molecule has 1 aromatic carbocycles. The number of piperazine rings is 1. The van der Waals surface area contributed by atoms with Gasteiger partial charge < -0.3 is 9.64 Å². The molecule has 2 saturated heterocycles. The van der Waals surface area contributed by atoms with Gasteiger partial charge in [0.1, 0.15) is 5.75 Å². The number of nitrogens with zero attached hydrogens (tertiary/aromatic N) is 2. The van der Waals surface area contributed by atoms with Gasteiger partial charge in [0.2, 0.25) is 0 Å². The Balaban J connectivity index is 1.48. The molecular weight excluding hydrogens is 385 g/mol. The first-order valence-electron chi connectivity index (χ1n) is 8.66. The highest BCUT2D eigenvalue weighted by Gasteiger charge is 2.34. The van der Waals surface area contributed by atoms with Gasteiger partial charge in [0, 0.05) is 32.2 Å². The van der Waals surface area contributed by atoms with Crippen molar-refractivity contribution in [2.24, 2.45) is 0 Å². The zero-order chi connectivity index (χ0) is 19.7. The summed E-state index contributed by atoms with van der Waals surface area (Å²) in [6.45, 7) is 1.72. The van der Waals surface area contributed by atoms with Crippen LogP contribution >= 0.6 is 0 Å². The molecule has 1 atom stereocenters. The number of amides is 1. The van der Waals surface area contributed by atoms with E-state index < -0.39 is 21.6 Å². The maximum absolute atomic E-state index is 12.7. The molecule has 27 heavy (non-hydrogen) atoms. The van der Waals surface area contributed by atoms with Crippen molar-refractivity contribution in [3.8, 4) is 5.75 Å². The molecule has 10 heteroatoms. The summed E-state index contributed by atoms with van der Waals surface area (Å²) in [5.74, 6) is 0.0698. The molecular formula is C17H21F3N2O4S. The van der Waals surface area contributed by atoms with E-state index in [2.05, 4.69) is 4.90 Å². The number of ether oxygens (including phenoxy) is 1. The molecule has 0 aliphatic carbocycles. The van der Waals surface area contributed by atoms with E-state index in [1.807, 2.05) is 0 Å². The Morgan fingerprint density at radius 2 is 1.89 bits per heavy atom. The molecule has 2 aliphatic rings. The highest BCUT2D eigenvalue weighted by Crippen LogP contribution is 2.31. The Bertz CT molecular complexity index is 790. The summed E-state index contributed by atoms with van der Waals surface area (Å²) in [4.78, 5) is 15.9. The van der Waals surface area contributed by atoms with Crippen molar-refractivity contribution in [1.29, 1.82) is 0 Å². The lowest BCUT2D eigenvalue weighted by Crippen LogP contribution is -2.53. The molecule has 6 nitrogen and oxygen atoms in total. The third-order valence-corrected chi connectivity index (χ3v) is 6.67. The lowest BCUT2D eigenvalue weighted by molar-refractivity contribution is -0.137. The number of benzene rings is 1. The predicted octanol–water partition coefficient (Wildman–Crippen LogP) is 1.42. The average molecular weight is 406 g/mol. The molecule has 0 radical (unpaired) electrons. The molecule has 0 saturated carbocycles. The maximum Gasteiger partial charge on any atom is 0.416 e. The highest BCUT2D eigenvalue weighted by atomic mass is 32.2. The zero-order valence-corrected chi connectivity index (χ0v) is 15.4. The van der Waals surface area contributed by atoms with Crippen molar-refractivity contribution in [3.05, 3.63) is 29.8 Å². The molecule has 0 spiro atoms. The number of alkyl halides is 3. The molecule has 2 aliphatic heterocycles. The molecule has 1 unspecified atom stereocenters. The molecule has 2 fully saturated rings. The van der Waals surface area contributed by atoms with Crippen molar-refractivity contribution >= 4 is 15.7 Å². The van der Waals surface area contributed by atoms with Crippen molar-refractivity contribution in [1.82, 2.24) is 9.80 Å². The first-order chi connectivity index (χ1) is 12.6. The Morgan fingerprint density at radius 1 is 1.19 bits per heavy atom. The van der Waals surface area contributed by atoms with Crippen molar-refractivity contribution in [3.63, 3.8) is 0 Å². The minimum atomic E-state index is -4.46. The number of rotatable bonds is 4. The van der Waals surface area contributed by atoms with Crippen LogP contribution in [-0.4, -0.2) is 74.5 Å². The molecule has 0 N–H and O–H groups in total. The van der Waals surface area contributed by atoms with E-state index in [0.29, 0.717) is 32.6 Å². The molecule has 0 bridgehead atoms. The summed E-state index contributed by atoms with van der Waals surface area (Å²) in [6.07, 6.45) is -3.84. The molecule has 0 aromatic heterocycles. The second kappa shape index (κ2) is 7.67. The van der Waals surface area contributed by atoms with Gasteiger partial charge in [-0.15, -0.1) is 0 Å². The number of carbonyl (C=O) groups is 1. The quantitative estimate of drug-likeness (QED) is 0.757. The minimum Gasteiger partial charge on any atom is -0.484 e. The minimum absolute atomic E-state index is 0.00651. The Labute approximate surface area is 155 Å². The van der Waals surface area contributed by atoms with Crippen LogP contribution in [0.3, 0.4) is 0 Å². The summed E-state index contributed by atoms with van der Waals surface area (Å²) in [6, 6.07) is 4.43. The van der Waals surface area contributed by atoms with Crippen molar-refractivity contribution < 1.29 is 31.1 Å². The van der Waals surface area contributed by atoms with Crippen LogP contribution < -0.4 is 4.74 Å². The fourth-order valence-electron chi connectivity index (χ4n) is 3.40. The Morgan fingerprint density at radius 3 is 2.48 bits per heavy atom. The van der Waals surface area contributed by atoms with Gasteiger partial charge >= 0.3 is 6.18 Å². The van der Waals surface area contributed by atoms with E-state index in [9.17, 15) is 26.4 Å². The van der Waals surface area contributed by atoms with Crippen LogP contribution in [0.5, 0.6) is 5.75 Å². The number of hydrogen-bond acceptors (Lipinski definition) is 5. The maximum atomic E-state index is 12.7. The monoisotopic (exact) mass is 406 g/mol. The second-order valence-corrected chi connectivity index (χ2v) is 9.02. The smallest absolute Gasteiger partial charge is 0.416 e. The van der Waals surface area contributed by atoms with E-state index in [1.165, 1.54) is 12.1 Å². The van der Waals surface area contributed by atoms with Crippen molar-refractivity contribution in [2.45, 2.75) is 18.6 Å². The summed E-state index contributed by atoms with van der Waals surface area (Å²) in [5.41, 5.74) is -0.826. The van der Waals surface area contributed by atoms with Crippen molar-refractivity contribution in [2.75, 3.05) is 44.3 Å². The van der Waals surface area contributed by atoms with Gasteiger partial charge in [-0.3, -0.25) is 9.69 Å². The molecule has 2 heterocycles. The molecule has 1 aromatic rings. The first kappa shape index (κ1) is 19.9.